The maximum absolute atomic E-state index is 9.39. The highest BCUT2D eigenvalue weighted by Gasteiger charge is 2.21. The Hall–Kier alpha value is -0.0800. The van der Waals surface area contributed by atoms with E-state index in [9.17, 15) is 5.11 Å². The molecule has 0 amide bonds. The monoisotopic (exact) mass is 199 g/mol. The minimum absolute atomic E-state index is 0.0352. The zero-order chi connectivity index (χ0) is 10.6. The van der Waals surface area contributed by atoms with Crippen LogP contribution < -0.4 is 5.32 Å². The highest BCUT2D eigenvalue weighted by molar-refractivity contribution is 4.80. The average Bonchev–Trinajstić information content (AvgIpc) is 2.20. The molecule has 2 atom stereocenters. The summed E-state index contributed by atoms with van der Waals surface area (Å²) in [6.07, 6.45) is 5.44. The van der Waals surface area contributed by atoms with Crippen LogP contribution in [0.5, 0.6) is 0 Å². The third kappa shape index (κ3) is 3.58. The van der Waals surface area contributed by atoms with Gasteiger partial charge in [-0.1, -0.05) is 20.3 Å². The molecule has 0 aromatic heterocycles. The van der Waals surface area contributed by atoms with Gasteiger partial charge in [0.2, 0.25) is 0 Å². The molecule has 1 saturated carbocycles. The highest BCUT2D eigenvalue weighted by Crippen LogP contribution is 2.20. The molecular weight excluding hydrogens is 174 g/mol. The van der Waals surface area contributed by atoms with Gasteiger partial charge in [0.1, 0.15) is 0 Å². The van der Waals surface area contributed by atoms with Crippen molar-refractivity contribution in [2.24, 2.45) is 5.92 Å². The first kappa shape index (κ1) is 12.0. The van der Waals surface area contributed by atoms with E-state index in [0.29, 0.717) is 12.1 Å². The van der Waals surface area contributed by atoms with Crippen LogP contribution in [0.25, 0.3) is 0 Å². The predicted molar refractivity (Wildman–Crippen MR) is 60.3 cm³/mol. The molecule has 1 fully saturated rings. The molecule has 1 rings (SSSR count). The van der Waals surface area contributed by atoms with Crippen molar-refractivity contribution >= 4 is 0 Å². The van der Waals surface area contributed by atoms with E-state index < -0.39 is 0 Å². The van der Waals surface area contributed by atoms with Gasteiger partial charge in [-0.25, -0.2) is 0 Å². The minimum Gasteiger partial charge on any atom is -0.393 e. The van der Waals surface area contributed by atoms with Crippen molar-refractivity contribution in [2.45, 2.75) is 71.1 Å². The molecule has 0 saturated heterocycles. The van der Waals surface area contributed by atoms with Gasteiger partial charge in [0.05, 0.1) is 6.10 Å². The topological polar surface area (TPSA) is 32.3 Å². The predicted octanol–water partition coefficient (Wildman–Crippen LogP) is 2.31. The summed E-state index contributed by atoms with van der Waals surface area (Å²) in [7, 11) is 0. The molecule has 2 N–H and O–H groups in total. The van der Waals surface area contributed by atoms with Crippen LogP contribution in [0.2, 0.25) is 0 Å². The van der Waals surface area contributed by atoms with Crippen LogP contribution in [-0.2, 0) is 0 Å². The van der Waals surface area contributed by atoms with E-state index in [0.717, 1.165) is 31.6 Å². The van der Waals surface area contributed by atoms with Gasteiger partial charge in [-0.3, -0.25) is 0 Å². The summed E-state index contributed by atoms with van der Waals surface area (Å²) < 4.78 is 0. The quantitative estimate of drug-likeness (QED) is 0.728. The smallest absolute Gasteiger partial charge is 0.0541 e. The molecule has 0 radical (unpaired) electrons. The molecule has 0 aliphatic heterocycles. The number of nitrogens with one attached hydrogen (secondary N) is 1. The van der Waals surface area contributed by atoms with Crippen LogP contribution in [0.15, 0.2) is 0 Å². The average molecular weight is 199 g/mol. The fourth-order valence-electron chi connectivity index (χ4n) is 2.13. The highest BCUT2D eigenvalue weighted by atomic mass is 16.3. The Balaban J connectivity index is 2.23. The van der Waals surface area contributed by atoms with E-state index in [2.05, 4.69) is 26.1 Å². The van der Waals surface area contributed by atoms with Gasteiger partial charge in [0.15, 0.2) is 0 Å². The van der Waals surface area contributed by atoms with Gasteiger partial charge in [0.25, 0.3) is 0 Å². The Morgan fingerprint density at radius 1 is 1.21 bits per heavy atom. The van der Waals surface area contributed by atoms with E-state index in [1.54, 1.807) is 0 Å². The molecule has 0 spiro atoms. The van der Waals surface area contributed by atoms with Crippen LogP contribution in [0.3, 0.4) is 0 Å². The standard InChI is InChI=1S/C12H25NO/c1-4-9(2)10(3)13-11-5-7-12(14)8-6-11/h9-14H,4-8H2,1-3H3. The van der Waals surface area contributed by atoms with E-state index >= 15 is 0 Å². The lowest BCUT2D eigenvalue weighted by atomic mass is 9.91. The van der Waals surface area contributed by atoms with Crippen LogP contribution in [0.4, 0.5) is 0 Å². The fraction of sp³-hybridized carbons (Fsp3) is 1.00. The summed E-state index contributed by atoms with van der Waals surface area (Å²) in [6, 6.07) is 1.25. The second-order valence-electron chi connectivity index (χ2n) is 4.85. The second kappa shape index (κ2) is 5.72. The van der Waals surface area contributed by atoms with Crippen molar-refractivity contribution in [1.29, 1.82) is 0 Å². The van der Waals surface area contributed by atoms with Gasteiger partial charge in [-0.05, 0) is 38.5 Å². The van der Waals surface area contributed by atoms with Crippen LogP contribution in [-0.4, -0.2) is 23.3 Å². The van der Waals surface area contributed by atoms with Gasteiger partial charge in [0, 0.05) is 12.1 Å². The summed E-state index contributed by atoms with van der Waals surface area (Å²) in [5, 5.41) is 13.1. The normalized spacial score (nSPS) is 32.6. The lowest BCUT2D eigenvalue weighted by Gasteiger charge is -2.31. The van der Waals surface area contributed by atoms with Crippen LogP contribution >= 0.6 is 0 Å². The summed E-state index contributed by atoms with van der Waals surface area (Å²) in [5.74, 6) is 0.752. The molecule has 0 aromatic carbocycles. The molecule has 2 nitrogen and oxygen atoms in total. The number of hydrogen-bond acceptors (Lipinski definition) is 2. The van der Waals surface area contributed by atoms with Crippen molar-refractivity contribution < 1.29 is 5.11 Å². The largest absolute Gasteiger partial charge is 0.393 e. The first-order valence-corrected chi connectivity index (χ1v) is 6.07. The molecule has 84 valence electrons. The Morgan fingerprint density at radius 2 is 1.79 bits per heavy atom. The molecular formula is C12H25NO. The van der Waals surface area contributed by atoms with Gasteiger partial charge >= 0.3 is 0 Å². The summed E-state index contributed by atoms with van der Waals surface area (Å²) in [4.78, 5) is 0. The number of aliphatic hydroxyl groups excluding tert-OH is 1. The first-order valence-electron chi connectivity index (χ1n) is 6.07. The van der Waals surface area contributed by atoms with Crippen molar-refractivity contribution in [2.75, 3.05) is 0 Å². The first-order chi connectivity index (χ1) is 6.63. The maximum atomic E-state index is 9.39. The Morgan fingerprint density at radius 3 is 2.29 bits per heavy atom. The third-order valence-electron chi connectivity index (χ3n) is 3.69. The van der Waals surface area contributed by atoms with E-state index in [1.807, 2.05) is 0 Å². The zero-order valence-corrected chi connectivity index (χ0v) is 9.79. The molecule has 2 heteroatoms. The summed E-state index contributed by atoms with van der Waals surface area (Å²) >= 11 is 0. The number of aliphatic hydroxyl groups is 1. The summed E-state index contributed by atoms with van der Waals surface area (Å²) in [5.41, 5.74) is 0. The molecule has 1 aliphatic rings. The van der Waals surface area contributed by atoms with Crippen molar-refractivity contribution in [3.05, 3.63) is 0 Å². The van der Waals surface area contributed by atoms with Crippen molar-refractivity contribution in [1.82, 2.24) is 5.32 Å². The second-order valence-corrected chi connectivity index (χ2v) is 4.85. The van der Waals surface area contributed by atoms with E-state index in [4.69, 9.17) is 0 Å². The Kier molecular flexibility index (Phi) is 4.90. The zero-order valence-electron chi connectivity index (χ0n) is 9.79. The van der Waals surface area contributed by atoms with E-state index in [1.165, 1.54) is 6.42 Å². The van der Waals surface area contributed by atoms with Crippen LogP contribution in [0, 0.1) is 5.92 Å². The minimum atomic E-state index is -0.0352. The Bertz CT molecular complexity index is 152. The lowest BCUT2D eigenvalue weighted by Crippen LogP contribution is -2.42. The van der Waals surface area contributed by atoms with Crippen molar-refractivity contribution in [3.63, 3.8) is 0 Å². The maximum Gasteiger partial charge on any atom is 0.0541 e. The third-order valence-corrected chi connectivity index (χ3v) is 3.69. The number of hydrogen-bond donors (Lipinski definition) is 2. The lowest BCUT2D eigenvalue weighted by molar-refractivity contribution is 0.112. The molecule has 0 bridgehead atoms. The Labute approximate surface area is 88.1 Å². The summed E-state index contributed by atoms with van der Waals surface area (Å²) in [6.45, 7) is 6.82. The molecule has 0 aromatic rings. The van der Waals surface area contributed by atoms with E-state index in [-0.39, 0.29) is 6.10 Å². The van der Waals surface area contributed by atoms with Gasteiger partial charge in [-0.15, -0.1) is 0 Å². The fourth-order valence-corrected chi connectivity index (χ4v) is 2.13. The van der Waals surface area contributed by atoms with Gasteiger partial charge in [-0.2, -0.15) is 0 Å². The molecule has 14 heavy (non-hydrogen) atoms. The van der Waals surface area contributed by atoms with Crippen LogP contribution in [0.1, 0.15) is 52.9 Å². The van der Waals surface area contributed by atoms with Crippen molar-refractivity contribution in [3.8, 4) is 0 Å². The molecule has 1 aliphatic carbocycles. The molecule has 2 unspecified atom stereocenters. The molecule has 0 heterocycles. The van der Waals surface area contributed by atoms with Gasteiger partial charge < -0.3 is 10.4 Å². The SMILES string of the molecule is CCC(C)C(C)NC1CCC(O)CC1. The number of rotatable bonds is 4.